The minimum absolute atomic E-state index is 0.155. The van der Waals surface area contributed by atoms with Gasteiger partial charge in [0.25, 0.3) is 5.91 Å². The monoisotopic (exact) mass is 432 g/mol. The van der Waals surface area contributed by atoms with E-state index in [4.69, 9.17) is 17.3 Å². The normalized spacial score (nSPS) is 10.8. The molecule has 0 saturated carbocycles. The molecule has 0 spiro atoms. The molecule has 4 aromatic rings. The highest BCUT2D eigenvalue weighted by atomic mass is 35.5. The zero-order valence-corrected chi connectivity index (χ0v) is 17.3. The van der Waals surface area contributed by atoms with Crippen molar-refractivity contribution in [3.8, 4) is 11.1 Å². The third kappa shape index (κ3) is 4.09. The van der Waals surface area contributed by atoms with Gasteiger partial charge in [0.15, 0.2) is 5.82 Å². The SMILES string of the molecule is Cc1nnc(N)c2ccc(-c3ccc(NC(=O)c4ccccc4Cl)c(B(O)O)c3)cc12. The highest BCUT2D eigenvalue weighted by molar-refractivity contribution is 6.61. The number of carbonyl (C=O) groups is 1. The molecular weight excluding hydrogens is 415 g/mol. The fourth-order valence-electron chi connectivity index (χ4n) is 3.39. The lowest BCUT2D eigenvalue weighted by molar-refractivity contribution is 0.102. The second-order valence-corrected chi connectivity index (χ2v) is 7.45. The van der Waals surface area contributed by atoms with Gasteiger partial charge in [-0.05, 0) is 48.4 Å². The van der Waals surface area contributed by atoms with E-state index in [1.807, 2.05) is 25.1 Å². The summed E-state index contributed by atoms with van der Waals surface area (Å²) < 4.78 is 0. The standard InChI is InChI=1S/C22H18BClN4O3/c1-12-17-10-13(6-8-15(17)21(25)28-27-12)14-7-9-20(18(11-14)23(30)31)26-22(29)16-4-2-3-5-19(16)24/h2-11,30-31H,1H3,(H2,25,28)(H,26,29). The lowest BCUT2D eigenvalue weighted by atomic mass is 9.77. The van der Waals surface area contributed by atoms with Crippen LogP contribution in [0.2, 0.25) is 5.02 Å². The van der Waals surface area contributed by atoms with Gasteiger partial charge in [0.2, 0.25) is 0 Å². The number of halogens is 1. The lowest BCUT2D eigenvalue weighted by Gasteiger charge is -2.14. The van der Waals surface area contributed by atoms with Gasteiger partial charge in [-0.15, -0.1) is 5.10 Å². The number of rotatable bonds is 4. The largest absolute Gasteiger partial charge is 0.490 e. The predicted molar refractivity (Wildman–Crippen MR) is 123 cm³/mol. The minimum Gasteiger partial charge on any atom is -0.423 e. The van der Waals surface area contributed by atoms with E-state index in [2.05, 4.69) is 15.5 Å². The van der Waals surface area contributed by atoms with Crippen molar-refractivity contribution in [2.75, 3.05) is 11.1 Å². The van der Waals surface area contributed by atoms with E-state index in [0.29, 0.717) is 10.8 Å². The van der Waals surface area contributed by atoms with Crippen LogP contribution in [0.25, 0.3) is 21.9 Å². The predicted octanol–water partition coefficient (Wildman–Crippen LogP) is 2.77. The molecule has 0 aliphatic carbocycles. The Morgan fingerprint density at radius 3 is 2.45 bits per heavy atom. The molecule has 0 unspecified atom stereocenters. The Kier molecular flexibility index (Phi) is 5.60. The molecule has 9 heteroatoms. The number of anilines is 2. The van der Waals surface area contributed by atoms with Gasteiger partial charge in [-0.2, -0.15) is 5.10 Å². The first-order valence-electron chi connectivity index (χ1n) is 9.44. The van der Waals surface area contributed by atoms with E-state index in [1.54, 1.807) is 42.5 Å². The van der Waals surface area contributed by atoms with Crippen LogP contribution in [0.1, 0.15) is 16.1 Å². The van der Waals surface area contributed by atoms with E-state index in [0.717, 1.165) is 27.6 Å². The lowest BCUT2D eigenvalue weighted by Crippen LogP contribution is -2.33. The van der Waals surface area contributed by atoms with Crippen LogP contribution in [0.15, 0.2) is 60.7 Å². The average Bonchev–Trinajstić information content (AvgIpc) is 2.76. The molecule has 7 nitrogen and oxygen atoms in total. The molecule has 0 fully saturated rings. The van der Waals surface area contributed by atoms with Crippen LogP contribution in [-0.2, 0) is 0 Å². The van der Waals surface area contributed by atoms with E-state index in [1.165, 1.54) is 0 Å². The summed E-state index contributed by atoms with van der Waals surface area (Å²) in [7, 11) is -1.79. The van der Waals surface area contributed by atoms with Crippen LogP contribution in [0.4, 0.5) is 11.5 Å². The fourth-order valence-corrected chi connectivity index (χ4v) is 3.61. The molecule has 5 N–H and O–H groups in total. The second kappa shape index (κ2) is 8.35. The highest BCUT2D eigenvalue weighted by Gasteiger charge is 2.20. The van der Waals surface area contributed by atoms with Crippen molar-refractivity contribution in [3.63, 3.8) is 0 Å². The molecule has 31 heavy (non-hydrogen) atoms. The number of hydrogen-bond donors (Lipinski definition) is 4. The fraction of sp³-hybridized carbons (Fsp3) is 0.0455. The Labute approximate surface area is 183 Å². The summed E-state index contributed by atoms with van der Waals surface area (Å²) in [6.45, 7) is 1.84. The van der Waals surface area contributed by atoms with Crippen molar-refractivity contribution in [2.45, 2.75) is 6.92 Å². The van der Waals surface area contributed by atoms with Crippen molar-refractivity contribution >= 4 is 52.4 Å². The number of fused-ring (bicyclic) bond motifs is 1. The molecule has 0 radical (unpaired) electrons. The van der Waals surface area contributed by atoms with Gasteiger partial charge < -0.3 is 21.1 Å². The Balaban J connectivity index is 1.73. The van der Waals surface area contributed by atoms with Crippen LogP contribution < -0.4 is 16.5 Å². The van der Waals surface area contributed by atoms with Crippen LogP contribution in [-0.4, -0.2) is 33.3 Å². The van der Waals surface area contributed by atoms with E-state index in [9.17, 15) is 14.8 Å². The first-order chi connectivity index (χ1) is 14.8. The van der Waals surface area contributed by atoms with Crippen molar-refractivity contribution in [1.82, 2.24) is 10.2 Å². The molecule has 4 rings (SSSR count). The molecule has 3 aromatic carbocycles. The van der Waals surface area contributed by atoms with Gasteiger partial charge in [-0.25, -0.2) is 0 Å². The maximum absolute atomic E-state index is 12.6. The van der Waals surface area contributed by atoms with Crippen LogP contribution in [0.3, 0.4) is 0 Å². The third-order valence-electron chi connectivity index (χ3n) is 5.02. The van der Waals surface area contributed by atoms with E-state index in [-0.39, 0.29) is 16.7 Å². The van der Waals surface area contributed by atoms with Crippen molar-refractivity contribution < 1.29 is 14.8 Å². The zero-order valence-electron chi connectivity index (χ0n) is 16.5. The number of amides is 1. The molecule has 0 atom stereocenters. The zero-order chi connectivity index (χ0) is 22.1. The first kappa shape index (κ1) is 20.8. The average molecular weight is 433 g/mol. The Bertz CT molecular complexity index is 1310. The number of nitrogens with two attached hydrogens (primary N) is 1. The number of hydrogen-bond acceptors (Lipinski definition) is 6. The van der Waals surface area contributed by atoms with Crippen LogP contribution in [0, 0.1) is 6.92 Å². The Hall–Kier alpha value is -3.46. The summed E-state index contributed by atoms with van der Waals surface area (Å²) in [6.07, 6.45) is 0. The van der Waals surface area contributed by atoms with Gasteiger partial charge >= 0.3 is 7.12 Å². The molecule has 1 heterocycles. The number of nitrogens with one attached hydrogen (secondary N) is 1. The molecule has 1 aromatic heterocycles. The summed E-state index contributed by atoms with van der Waals surface area (Å²) in [5, 5.41) is 32.5. The number of nitrogen functional groups attached to an aromatic ring is 1. The summed E-state index contributed by atoms with van der Waals surface area (Å²) in [4.78, 5) is 12.6. The molecule has 0 saturated heterocycles. The minimum atomic E-state index is -1.79. The van der Waals surface area contributed by atoms with Crippen LogP contribution >= 0.6 is 11.6 Å². The van der Waals surface area contributed by atoms with E-state index >= 15 is 0 Å². The van der Waals surface area contributed by atoms with Crippen LogP contribution in [0.5, 0.6) is 0 Å². The number of aromatic nitrogens is 2. The first-order valence-corrected chi connectivity index (χ1v) is 9.82. The topological polar surface area (TPSA) is 121 Å². The smallest absolute Gasteiger partial charge is 0.423 e. The van der Waals surface area contributed by atoms with E-state index < -0.39 is 13.0 Å². The summed E-state index contributed by atoms with van der Waals surface area (Å²) in [5.41, 5.74) is 8.92. The maximum Gasteiger partial charge on any atom is 0.490 e. The third-order valence-corrected chi connectivity index (χ3v) is 5.35. The molecule has 0 bridgehead atoms. The summed E-state index contributed by atoms with van der Waals surface area (Å²) >= 11 is 6.09. The number of carbonyl (C=O) groups excluding carboxylic acids is 1. The van der Waals surface area contributed by atoms with Gasteiger partial charge in [0, 0.05) is 21.9 Å². The number of aryl methyl sites for hydroxylation is 1. The van der Waals surface area contributed by atoms with Crippen molar-refractivity contribution in [1.29, 1.82) is 0 Å². The van der Waals surface area contributed by atoms with Crippen molar-refractivity contribution in [2.24, 2.45) is 0 Å². The summed E-state index contributed by atoms with van der Waals surface area (Å²) in [5.74, 6) is -0.105. The highest BCUT2D eigenvalue weighted by Crippen LogP contribution is 2.28. The second-order valence-electron chi connectivity index (χ2n) is 7.04. The van der Waals surface area contributed by atoms with Gasteiger partial charge in [0.1, 0.15) is 0 Å². The number of benzene rings is 3. The number of nitrogens with zero attached hydrogens (tertiary/aromatic N) is 2. The van der Waals surface area contributed by atoms with Gasteiger partial charge in [-0.3, -0.25) is 4.79 Å². The van der Waals surface area contributed by atoms with Gasteiger partial charge in [0.05, 0.1) is 16.3 Å². The quantitative estimate of drug-likeness (QED) is 0.368. The molecule has 154 valence electrons. The van der Waals surface area contributed by atoms with Gasteiger partial charge in [-0.1, -0.05) is 41.9 Å². The molecule has 0 aliphatic heterocycles. The molecule has 1 amide bonds. The Morgan fingerprint density at radius 1 is 1.00 bits per heavy atom. The summed E-state index contributed by atoms with van der Waals surface area (Å²) in [6, 6.07) is 17.3. The van der Waals surface area contributed by atoms with Crippen molar-refractivity contribution in [3.05, 3.63) is 76.9 Å². The Morgan fingerprint density at radius 2 is 1.71 bits per heavy atom. The molecule has 0 aliphatic rings. The molecular formula is C22H18BClN4O3. The maximum atomic E-state index is 12.6.